The van der Waals surface area contributed by atoms with E-state index in [4.69, 9.17) is 4.74 Å². The lowest BCUT2D eigenvalue weighted by Gasteiger charge is -2.17. The lowest BCUT2D eigenvalue weighted by molar-refractivity contribution is -0.139. The zero-order chi connectivity index (χ0) is 18.0. The third-order valence-electron chi connectivity index (χ3n) is 4.67. The molecule has 1 atom stereocenters. The van der Waals surface area contributed by atoms with E-state index in [0.717, 1.165) is 23.2 Å². The van der Waals surface area contributed by atoms with Gasteiger partial charge in [-0.2, -0.15) is 0 Å². The highest BCUT2D eigenvalue weighted by Crippen LogP contribution is 2.28. The van der Waals surface area contributed by atoms with Crippen molar-refractivity contribution in [1.82, 2.24) is 0 Å². The standard InChI is InChI=1S/C21H23NO3/c1-4-16-7-9-18(10-8-16)22-13-17(12-20(22)23)21(24)25-19-11-14(2)5-6-15(19)3/h5-11,17H,4,12-13H2,1-3H3/t17-/m1/s1. The van der Waals surface area contributed by atoms with Gasteiger partial charge in [-0.15, -0.1) is 0 Å². The second kappa shape index (κ2) is 7.09. The Morgan fingerprint density at radius 1 is 1.16 bits per heavy atom. The van der Waals surface area contributed by atoms with Crippen LogP contribution in [0.15, 0.2) is 42.5 Å². The summed E-state index contributed by atoms with van der Waals surface area (Å²) in [5, 5.41) is 0. The molecule has 1 saturated heterocycles. The minimum atomic E-state index is -0.432. The summed E-state index contributed by atoms with van der Waals surface area (Å²) in [6.07, 6.45) is 1.15. The number of carbonyl (C=O) groups excluding carboxylic acids is 2. The van der Waals surface area contributed by atoms with Crippen LogP contribution in [0.5, 0.6) is 5.75 Å². The Hall–Kier alpha value is -2.62. The molecule has 1 fully saturated rings. The zero-order valence-electron chi connectivity index (χ0n) is 14.9. The first-order valence-electron chi connectivity index (χ1n) is 8.66. The molecular formula is C21H23NO3. The highest BCUT2D eigenvalue weighted by Gasteiger charge is 2.36. The molecule has 4 heteroatoms. The van der Waals surface area contributed by atoms with Crippen molar-refractivity contribution < 1.29 is 14.3 Å². The molecule has 1 amide bonds. The Morgan fingerprint density at radius 3 is 2.56 bits per heavy atom. The van der Waals surface area contributed by atoms with Crippen molar-refractivity contribution in [3.63, 3.8) is 0 Å². The SMILES string of the molecule is CCc1ccc(N2C[C@H](C(=O)Oc3cc(C)ccc3C)CC2=O)cc1. The third kappa shape index (κ3) is 3.73. The maximum atomic E-state index is 12.5. The number of carbonyl (C=O) groups is 2. The van der Waals surface area contributed by atoms with Gasteiger partial charge in [0.2, 0.25) is 5.91 Å². The molecule has 130 valence electrons. The summed E-state index contributed by atoms with van der Waals surface area (Å²) < 4.78 is 5.56. The minimum Gasteiger partial charge on any atom is -0.426 e. The van der Waals surface area contributed by atoms with Gasteiger partial charge in [0.15, 0.2) is 0 Å². The van der Waals surface area contributed by atoms with E-state index >= 15 is 0 Å². The highest BCUT2D eigenvalue weighted by molar-refractivity contribution is 5.99. The van der Waals surface area contributed by atoms with Gasteiger partial charge in [0.1, 0.15) is 5.75 Å². The summed E-state index contributed by atoms with van der Waals surface area (Å²) in [5.41, 5.74) is 4.01. The topological polar surface area (TPSA) is 46.6 Å². The number of anilines is 1. The predicted octanol–water partition coefficient (Wildman–Crippen LogP) is 3.82. The molecule has 1 aliphatic rings. The molecule has 0 unspecified atom stereocenters. The molecule has 1 aliphatic heterocycles. The van der Waals surface area contributed by atoms with E-state index in [1.807, 2.05) is 56.3 Å². The predicted molar refractivity (Wildman–Crippen MR) is 97.8 cm³/mol. The Morgan fingerprint density at radius 2 is 1.88 bits per heavy atom. The van der Waals surface area contributed by atoms with Gasteiger partial charge >= 0.3 is 5.97 Å². The van der Waals surface area contributed by atoms with Crippen LogP contribution < -0.4 is 9.64 Å². The third-order valence-corrected chi connectivity index (χ3v) is 4.67. The molecule has 0 spiro atoms. The van der Waals surface area contributed by atoms with E-state index in [2.05, 4.69) is 6.92 Å². The normalized spacial score (nSPS) is 17.0. The number of hydrogen-bond acceptors (Lipinski definition) is 3. The van der Waals surface area contributed by atoms with E-state index in [9.17, 15) is 9.59 Å². The fourth-order valence-electron chi connectivity index (χ4n) is 3.04. The van der Waals surface area contributed by atoms with Crippen molar-refractivity contribution in [2.24, 2.45) is 5.92 Å². The second-order valence-corrected chi connectivity index (χ2v) is 6.62. The first-order valence-corrected chi connectivity index (χ1v) is 8.66. The van der Waals surface area contributed by atoms with Gasteiger partial charge in [0.05, 0.1) is 5.92 Å². The molecule has 1 heterocycles. The molecule has 0 N–H and O–H groups in total. The monoisotopic (exact) mass is 337 g/mol. The van der Waals surface area contributed by atoms with Gasteiger partial charge in [0, 0.05) is 18.7 Å². The maximum Gasteiger partial charge on any atom is 0.316 e. The van der Waals surface area contributed by atoms with E-state index in [1.54, 1.807) is 4.90 Å². The van der Waals surface area contributed by atoms with Gasteiger partial charge < -0.3 is 9.64 Å². The Bertz CT molecular complexity index is 795. The summed E-state index contributed by atoms with van der Waals surface area (Å²) in [4.78, 5) is 26.5. The average Bonchev–Trinajstić information content (AvgIpc) is 3.00. The van der Waals surface area contributed by atoms with Crippen molar-refractivity contribution in [1.29, 1.82) is 0 Å². The van der Waals surface area contributed by atoms with Crippen LogP contribution in [0.25, 0.3) is 0 Å². The van der Waals surface area contributed by atoms with Crippen molar-refractivity contribution in [3.8, 4) is 5.75 Å². The van der Waals surface area contributed by atoms with Crippen LogP contribution in [-0.4, -0.2) is 18.4 Å². The number of nitrogens with zero attached hydrogens (tertiary/aromatic N) is 1. The fraction of sp³-hybridized carbons (Fsp3) is 0.333. The maximum absolute atomic E-state index is 12.5. The Labute approximate surface area is 148 Å². The largest absolute Gasteiger partial charge is 0.426 e. The number of rotatable bonds is 4. The molecule has 2 aromatic carbocycles. The molecule has 25 heavy (non-hydrogen) atoms. The summed E-state index contributed by atoms with van der Waals surface area (Å²) in [7, 11) is 0. The van der Waals surface area contributed by atoms with Crippen LogP contribution in [0, 0.1) is 19.8 Å². The zero-order valence-corrected chi connectivity index (χ0v) is 14.9. The molecule has 4 nitrogen and oxygen atoms in total. The van der Waals surface area contributed by atoms with E-state index in [1.165, 1.54) is 5.56 Å². The van der Waals surface area contributed by atoms with Gasteiger partial charge in [-0.1, -0.05) is 31.2 Å². The molecule has 0 aromatic heterocycles. The molecule has 0 radical (unpaired) electrons. The van der Waals surface area contributed by atoms with Crippen molar-refractivity contribution in [2.75, 3.05) is 11.4 Å². The number of esters is 1. The molecule has 0 aliphatic carbocycles. The summed E-state index contributed by atoms with van der Waals surface area (Å²) >= 11 is 0. The lowest BCUT2D eigenvalue weighted by atomic mass is 10.1. The van der Waals surface area contributed by atoms with Crippen LogP contribution in [-0.2, 0) is 16.0 Å². The van der Waals surface area contributed by atoms with Crippen LogP contribution >= 0.6 is 0 Å². The smallest absolute Gasteiger partial charge is 0.316 e. The molecule has 0 saturated carbocycles. The summed E-state index contributed by atoms with van der Waals surface area (Å²) in [6.45, 7) is 6.32. The van der Waals surface area contributed by atoms with E-state index in [-0.39, 0.29) is 18.3 Å². The van der Waals surface area contributed by atoms with Crippen molar-refractivity contribution in [3.05, 3.63) is 59.2 Å². The second-order valence-electron chi connectivity index (χ2n) is 6.62. The number of amides is 1. The average molecular weight is 337 g/mol. The highest BCUT2D eigenvalue weighted by atomic mass is 16.5. The van der Waals surface area contributed by atoms with Crippen LogP contribution in [0.1, 0.15) is 30.0 Å². The van der Waals surface area contributed by atoms with Crippen LogP contribution in [0.2, 0.25) is 0 Å². The molecule has 2 aromatic rings. The summed E-state index contributed by atoms with van der Waals surface area (Å²) in [6, 6.07) is 13.7. The van der Waals surface area contributed by atoms with Crippen LogP contribution in [0.4, 0.5) is 5.69 Å². The van der Waals surface area contributed by atoms with Crippen LogP contribution in [0.3, 0.4) is 0 Å². The Balaban J connectivity index is 1.70. The van der Waals surface area contributed by atoms with Gasteiger partial charge in [-0.05, 0) is 55.2 Å². The number of aryl methyl sites for hydroxylation is 3. The van der Waals surface area contributed by atoms with Gasteiger partial charge in [0.25, 0.3) is 0 Å². The lowest BCUT2D eigenvalue weighted by Crippen LogP contribution is -2.27. The fourth-order valence-corrected chi connectivity index (χ4v) is 3.04. The van der Waals surface area contributed by atoms with Crippen molar-refractivity contribution in [2.45, 2.75) is 33.6 Å². The first-order chi connectivity index (χ1) is 12.0. The molecule has 3 rings (SSSR count). The minimum absolute atomic E-state index is 0.0350. The summed E-state index contributed by atoms with van der Waals surface area (Å²) in [5.74, 6) is -0.233. The van der Waals surface area contributed by atoms with Gasteiger partial charge in [-0.3, -0.25) is 9.59 Å². The number of benzene rings is 2. The number of hydrogen-bond donors (Lipinski definition) is 0. The Kier molecular flexibility index (Phi) is 4.88. The quantitative estimate of drug-likeness (QED) is 0.629. The first kappa shape index (κ1) is 17.2. The van der Waals surface area contributed by atoms with E-state index in [0.29, 0.717) is 12.3 Å². The molecule has 0 bridgehead atoms. The number of ether oxygens (including phenoxy) is 1. The van der Waals surface area contributed by atoms with Gasteiger partial charge in [-0.25, -0.2) is 0 Å². The van der Waals surface area contributed by atoms with Crippen molar-refractivity contribution >= 4 is 17.6 Å². The van der Waals surface area contributed by atoms with E-state index < -0.39 is 5.92 Å². The molecular weight excluding hydrogens is 314 g/mol.